The highest BCUT2D eigenvalue weighted by Crippen LogP contribution is 2.29. The van der Waals surface area contributed by atoms with Gasteiger partial charge in [0, 0.05) is 5.39 Å². The van der Waals surface area contributed by atoms with Crippen LogP contribution in [0, 0.1) is 0 Å². The van der Waals surface area contributed by atoms with Crippen molar-refractivity contribution in [1.82, 2.24) is 9.36 Å². The van der Waals surface area contributed by atoms with Crippen LogP contribution in [0.1, 0.15) is 0 Å². The molecule has 0 atom stereocenters. The van der Waals surface area contributed by atoms with Gasteiger partial charge >= 0.3 is 0 Å². The average Bonchev–Trinajstić information content (AvgIpc) is 2.83. The largest absolute Gasteiger partial charge is 0.464 e. The van der Waals surface area contributed by atoms with E-state index in [0.29, 0.717) is 10.3 Å². The fourth-order valence-electron chi connectivity index (χ4n) is 1.47. The van der Waals surface area contributed by atoms with E-state index in [1.54, 1.807) is 6.26 Å². The molecule has 2 heterocycles. The molecule has 0 fully saturated rings. The number of fused-ring (bicyclic) bond motifs is 1. The van der Waals surface area contributed by atoms with Crippen LogP contribution in [0.5, 0.6) is 0 Å². The third-order valence-corrected chi connectivity index (χ3v) is 2.92. The Morgan fingerprint density at radius 1 is 1.27 bits per heavy atom. The molecule has 0 unspecified atom stereocenters. The van der Waals surface area contributed by atoms with Crippen molar-refractivity contribution in [2.45, 2.75) is 0 Å². The molecule has 0 saturated carbocycles. The Labute approximate surface area is 94.5 Å². The quantitative estimate of drug-likeness (QED) is 0.648. The second-order valence-corrected chi connectivity index (χ2v) is 4.35. The summed E-state index contributed by atoms with van der Waals surface area (Å²) in [5.74, 6) is 0.620. The molecule has 1 aromatic carbocycles. The highest BCUT2D eigenvalue weighted by Gasteiger charge is 2.11. The molecule has 3 aromatic rings. The average molecular weight is 237 g/mol. The lowest BCUT2D eigenvalue weighted by molar-refractivity contribution is 0.616. The van der Waals surface area contributed by atoms with E-state index in [0.717, 1.165) is 16.5 Å². The van der Waals surface area contributed by atoms with Crippen molar-refractivity contribution in [3.05, 3.63) is 35.0 Å². The van der Waals surface area contributed by atoms with Gasteiger partial charge in [0.1, 0.15) is 11.8 Å². The van der Waals surface area contributed by atoms with E-state index >= 15 is 0 Å². The number of hydrogen-bond donors (Lipinski definition) is 0. The van der Waals surface area contributed by atoms with Crippen LogP contribution in [0.4, 0.5) is 0 Å². The van der Waals surface area contributed by atoms with Crippen LogP contribution in [-0.2, 0) is 0 Å². The Bertz CT molecular complexity index is 616. The van der Waals surface area contributed by atoms with Crippen LogP contribution >= 0.6 is 23.1 Å². The van der Waals surface area contributed by atoms with Crippen molar-refractivity contribution in [2.75, 3.05) is 0 Å². The van der Waals surface area contributed by atoms with Crippen LogP contribution < -0.4 is 0 Å². The zero-order chi connectivity index (χ0) is 10.3. The summed E-state index contributed by atoms with van der Waals surface area (Å²) in [5, 5.41) is 1.01. The summed E-state index contributed by atoms with van der Waals surface area (Å²) in [5.41, 5.74) is 1.71. The first-order valence-corrected chi connectivity index (χ1v) is 5.45. The lowest BCUT2D eigenvalue weighted by Gasteiger charge is -1.89. The summed E-state index contributed by atoms with van der Waals surface area (Å²) in [6.07, 6.45) is 1.66. The van der Waals surface area contributed by atoms with Gasteiger partial charge < -0.3 is 4.42 Å². The van der Waals surface area contributed by atoms with E-state index in [9.17, 15) is 0 Å². The fourth-order valence-corrected chi connectivity index (χ4v) is 2.08. The second-order valence-electron chi connectivity index (χ2n) is 3.02. The van der Waals surface area contributed by atoms with Gasteiger partial charge in [0.05, 0.1) is 5.56 Å². The first-order chi connectivity index (χ1) is 7.34. The van der Waals surface area contributed by atoms with Crippen LogP contribution in [-0.4, -0.2) is 9.36 Å². The first-order valence-electron chi connectivity index (χ1n) is 4.30. The Morgan fingerprint density at radius 2 is 2.13 bits per heavy atom. The molecule has 0 saturated heterocycles. The Morgan fingerprint density at radius 3 is 2.93 bits per heavy atom. The number of furan rings is 1. The predicted molar refractivity (Wildman–Crippen MR) is 60.1 cm³/mol. The molecule has 0 aliphatic rings. The topological polar surface area (TPSA) is 38.9 Å². The van der Waals surface area contributed by atoms with Crippen molar-refractivity contribution < 1.29 is 4.42 Å². The standard InChI is InChI=1S/C10H5ClN2OS/c11-10-12-9(13-15-10)7-5-14-8-4-2-1-3-6(7)8/h1-5H. The third-order valence-electron chi connectivity index (χ3n) is 2.12. The molecular weight excluding hydrogens is 232 g/mol. The minimum absolute atomic E-state index is 0.440. The van der Waals surface area contributed by atoms with Gasteiger partial charge in [-0.25, -0.2) is 4.98 Å². The second kappa shape index (κ2) is 3.32. The van der Waals surface area contributed by atoms with E-state index in [1.165, 1.54) is 11.5 Å². The maximum atomic E-state index is 5.74. The molecule has 15 heavy (non-hydrogen) atoms. The first kappa shape index (κ1) is 8.88. The lowest BCUT2D eigenvalue weighted by atomic mass is 10.2. The van der Waals surface area contributed by atoms with Crippen molar-refractivity contribution >= 4 is 34.1 Å². The monoisotopic (exact) mass is 236 g/mol. The van der Waals surface area contributed by atoms with Crippen molar-refractivity contribution in [3.63, 3.8) is 0 Å². The van der Waals surface area contributed by atoms with Crippen molar-refractivity contribution in [3.8, 4) is 11.4 Å². The van der Waals surface area contributed by atoms with Crippen LogP contribution in [0.2, 0.25) is 4.47 Å². The molecule has 5 heteroatoms. The Kier molecular flexibility index (Phi) is 1.97. The van der Waals surface area contributed by atoms with E-state index < -0.39 is 0 Å². The number of para-hydroxylation sites is 1. The smallest absolute Gasteiger partial charge is 0.203 e. The van der Waals surface area contributed by atoms with Gasteiger partial charge in [-0.15, -0.1) is 0 Å². The van der Waals surface area contributed by atoms with E-state index in [-0.39, 0.29) is 0 Å². The third kappa shape index (κ3) is 1.42. The van der Waals surface area contributed by atoms with Gasteiger partial charge in [0.25, 0.3) is 0 Å². The molecule has 0 bridgehead atoms. The zero-order valence-corrected chi connectivity index (χ0v) is 9.05. The number of halogens is 1. The molecule has 3 rings (SSSR count). The molecule has 2 aromatic heterocycles. The highest BCUT2D eigenvalue weighted by molar-refractivity contribution is 7.10. The highest BCUT2D eigenvalue weighted by atomic mass is 35.5. The van der Waals surface area contributed by atoms with Gasteiger partial charge in [-0.1, -0.05) is 18.2 Å². The van der Waals surface area contributed by atoms with E-state index in [4.69, 9.17) is 16.0 Å². The van der Waals surface area contributed by atoms with Crippen LogP contribution in [0.3, 0.4) is 0 Å². The minimum Gasteiger partial charge on any atom is -0.464 e. The van der Waals surface area contributed by atoms with Gasteiger partial charge in [-0.05, 0) is 29.2 Å². The van der Waals surface area contributed by atoms with Gasteiger partial charge in [0.2, 0.25) is 4.47 Å². The molecule has 0 aliphatic carbocycles. The SMILES string of the molecule is Clc1nc(-c2coc3ccccc23)ns1. The normalized spacial score (nSPS) is 11.0. The molecular formula is C10H5ClN2OS. The van der Waals surface area contributed by atoms with Crippen molar-refractivity contribution in [1.29, 1.82) is 0 Å². The summed E-state index contributed by atoms with van der Waals surface area (Å²) in [7, 11) is 0. The van der Waals surface area contributed by atoms with Gasteiger partial charge in [-0.3, -0.25) is 0 Å². The molecule has 0 aliphatic heterocycles. The Hall–Kier alpha value is -1.39. The van der Waals surface area contributed by atoms with E-state index in [1.807, 2.05) is 24.3 Å². The number of nitrogens with zero attached hydrogens (tertiary/aromatic N) is 2. The summed E-state index contributed by atoms with van der Waals surface area (Å²) in [6, 6.07) is 7.77. The van der Waals surface area contributed by atoms with Gasteiger partial charge in [-0.2, -0.15) is 4.37 Å². The summed E-state index contributed by atoms with van der Waals surface area (Å²) < 4.78 is 9.98. The van der Waals surface area contributed by atoms with Crippen LogP contribution in [0.25, 0.3) is 22.4 Å². The molecule has 74 valence electrons. The number of benzene rings is 1. The molecule has 0 N–H and O–H groups in total. The molecule has 3 nitrogen and oxygen atoms in total. The zero-order valence-electron chi connectivity index (χ0n) is 7.48. The molecule has 0 amide bonds. The van der Waals surface area contributed by atoms with Crippen molar-refractivity contribution in [2.24, 2.45) is 0 Å². The number of hydrogen-bond acceptors (Lipinski definition) is 4. The lowest BCUT2D eigenvalue weighted by Crippen LogP contribution is -1.76. The predicted octanol–water partition coefficient (Wildman–Crippen LogP) is 3.60. The maximum Gasteiger partial charge on any atom is 0.203 e. The summed E-state index contributed by atoms with van der Waals surface area (Å²) in [4.78, 5) is 4.12. The molecule has 0 spiro atoms. The number of rotatable bonds is 1. The number of aromatic nitrogens is 2. The fraction of sp³-hybridized carbons (Fsp3) is 0. The minimum atomic E-state index is 0.440. The van der Waals surface area contributed by atoms with Gasteiger partial charge in [0.15, 0.2) is 5.82 Å². The summed E-state index contributed by atoms with van der Waals surface area (Å²) in [6.45, 7) is 0. The summed E-state index contributed by atoms with van der Waals surface area (Å²) >= 11 is 6.92. The van der Waals surface area contributed by atoms with Crippen LogP contribution in [0.15, 0.2) is 34.9 Å². The Balaban J connectivity index is 2.27. The maximum absolute atomic E-state index is 5.74. The van der Waals surface area contributed by atoms with E-state index in [2.05, 4.69) is 9.36 Å². The molecule has 0 radical (unpaired) electrons.